The highest BCUT2D eigenvalue weighted by Gasteiger charge is 2.36. The van der Waals surface area contributed by atoms with E-state index >= 15 is 0 Å². The average molecular weight is 580 g/mol. The SMILES string of the molecule is CCCCCCN(C(=O)C(CS)NC(=O)OC(C)(C)C)C(C(=O)Nc1ccc2ccccc2c1)c1cccc(O)c1. The Bertz CT molecular complexity index is 1340. The second-order valence-electron chi connectivity index (χ2n) is 11.0. The number of phenols is 1. The van der Waals surface area contributed by atoms with Gasteiger partial charge in [0.05, 0.1) is 0 Å². The fourth-order valence-electron chi connectivity index (χ4n) is 4.56. The number of fused-ring (bicyclic) bond motifs is 1. The van der Waals surface area contributed by atoms with E-state index in [0.717, 1.165) is 30.0 Å². The third kappa shape index (κ3) is 9.42. The first-order chi connectivity index (χ1) is 19.5. The van der Waals surface area contributed by atoms with Crippen LogP contribution in [0.3, 0.4) is 0 Å². The van der Waals surface area contributed by atoms with Gasteiger partial charge in [-0.05, 0) is 67.8 Å². The zero-order valence-corrected chi connectivity index (χ0v) is 25.1. The number of nitrogens with one attached hydrogen (secondary N) is 2. The van der Waals surface area contributed by atoms with Crippen molar-refractivity contribution in [2.45, 2.75) is 71.1 Å². The van der Waals surface area contributed by atoms with Crippen LogP contribution in [0.2, 0.25) is 0 Å². The number of anilines is 1. The van der Waals surface area contributed by atoms with Crippen molar-refractivity contribution in [1.29, 1.82) is 0 Å². The zero-order chi connectivity index (χ0) is 30.0. The topological polar surface area (TPSA) is 108 Å². The second kappa shape index (κ2) is 14.8. The molecule has 0 aromatic heterocycles. The van der Waals surface area contributed by atoms with E-state index in [-0.39, 0.29) is 18.0 Å². The number of amides is 3. The van der Waals surface area contributed by atoms with Gasteiger partial charge in [-0.15, -0.1) is 0 Å². The molecule has 2 unspecified atom stereocenters. The molecule has 0 aliphatic carbocycles. The van der Waals surface area contributed by atoms with Gasteiger partial charge < -0.3 is 25.4 Å². The van der Waals surface area contributed by atoms with E-state index < -0.39 is 35.6 Å². The lowest BCUT2D eigenvalue weighted by Gasteiger charge is -2.34. The highest BCUT2D eigenvalue weighted by molar-refractivity contribution is 7.80. The van der Waals surface area contributed by atoms with Crippen LogP contribution in [-0.4, -0.2) is 51.9 Å². The number of carbonyl (C=O) groups is 3. The summed E-state index contributed by atoms with van der Waals surface area (Å²) < 4.78 is 5.37. The summed E-state index contributed by atoms with van der Waals surface area (Å²) in [7, 11) is 0. The molecule has 0 bridgehead atoms. The Morgan fingerprint density at radius 2 is 1.68 bits per heavy atom. The predicted molar refractivity (Wildman–Crippen MR) is 166 cm³/mol. The van der Waals surface area contributed by atoms with Gasteiger partial charge in [-0.2, -0.15) is 12.6 Å². The van der Waals surface area contributed by atoms with Gasteiger partial charge in [0.25, 0.3) is 5.91 Å². The molecule has 0 aliphatic rings. The molecular weight excluding hydrogens is 538 g/mol. The highest BCUT2D eigenvalue weighted by atomic mass is 32.1. The Balaban J connectivity index is 1.98. The molecule has 3 aromatic rings. The van der Waals surface area contributed by atoms with Crippen molar-refractivity contribution in [2.24, 2.45) is 0 Å². The molecule has 0 heterocycles. The summed E-state index contributed by atoms with van der Waals surface area (Å²) >= 11 is 4.34. The molecule has 220 valence electrons. The molecule has 41 heavy (non-hydrogen) atoms. The summed E-state index contributed by atoms with van der Waals surface area (Å²) in [5.74, 6) is -0.931. The minimum absolute atomic E-state index is 0.00257. The van der Waals surface area contributed by atoms with Crippen molar-refractivity contribution in [3.8, 4) is 5.75 Å². The Hall–Kier alpha value is -3.72. The van der Waals surface area contributed by atoms with Crippen LogP contribution in [0.15, 0.2) is 66.7 Å². The number of thiol groups is 1. The maximum atomic E-state index is 14.0. The number of aromatic hydroxyl groups is 1. The van der Waals surface area contributed by atoms with Crippen LogP contribution >= 0.6 is 12.6 Å². The molecule has 8 nitrogen and oxygen atoms in total. The number of nitrogens with zero attached hydrogens (tertiary/aromatic N) is 1. The molecule has 0 fully saturated rings. The highest BCUT2D eigenvalue weighted by Crippen LogP contribution is 2.28. The van der Waals surface area contributed by atoms with Gasteiger partial charge in [0.1, 0.15) is 23.4 Å². The van der Waals surface area contributed by atoms with E-state index in [2.05, 4.69) is 30.2 Å². The number of phenolic OH excluding ortho intramolecular Hbond substituents is 1. The lowest BCUT2D eigenvalue weighted by Crippen LogP contribution is -2.53. The van der Waals surface area contributed by atoms with Crippen molar-refractivity contribution >= 4 is 47.0 Å². The normalized spacial score (nSPS) is 12.8. The molecule has 3 aromatic carbocycles. The van der Waals surface area contributed by atoms with E-state index in [1.807, 2.05) is 42.5 Å². The van der Waals surface area contributed by atoms with E-state index in [4.69, 9.17) is 4.74 Å². The van der Waals surface area contributed by atoms with Crippen molar-refractivity contribution in [2.75, 3.05) is 17.6 Å². The molecule has 9 heteroatoms. The number of alkyl carbamates (subject to hydrolysis) is 1. The van der Waals surface area contributed by atoms with Crippen LogP contribution in [0.25, 0.3) is 10.8 Å². The number of benzene rings is 3. The average Bonchev–Trinajstić information content (AvgIpc) is 2.92. The minimum atomic E-state index is -1.08. The van der Waals surface area contributed by atoms with Crippen LogP contribution in [-0.2, 0) is 14.3 Å². The van der Waals surface area contributed by atoms with Gasteiger partial charge in [0, 0.05) is 18.0 Å². The minimum Gasteiger partial charge on any atom is -0.508 e. The third-order valence-corrected chi connectivity index (χ3v) is 6.84. The summed E-state index contributed by atoms with van der Waals surface area (Å²) in [5, 5.41) is 17.9. The zero-order valence-electron chi connectivity index (χ0n) is 24.2. The Kier molecular flexibility index (Phi) is 11.5. The standard InChI is InChI=1S/C32H41N3O5S/c1-5-6-7-10-18-35(30(38)27(21-41)34-31(39)40-32(2,3)4)28(24-14-11-15-26(36)20-24)29(37)33-25-17-16-22-12-8-9-13-23(22)19-25/h8-9,11-17,19-20,27-28,36,41H,5-7,10,18,21H2,1-4H3,(H,33,37)(H,34,39). The van der Waals surface area contributed by atoms with Crippen LogP contribution in [0.4, 0.5) is 10.5 Å². The van der Waals surface area contributed by atoms with Crippen LogP contribution in [0.1, 0.15) is 65.0 Å². The quantitative estimate of drug-likeness (QED) is 0.146. The molecule has 0 spiro atoms. The van der Waals surface area contributed by atoms with Crippen molar-refractivity contribution in [1.82, 2.24) is 10.2 Å². The van der Waals surface area contributed by atoms with Crippen molar-refractivity contribution < 1.29 is 24.2 Å². The van der Waals surface area contributed by atoms with Crippen molar-refractivity contribution in [3.63, 3.8) is 0 Å². The monoisotopic (exact) mass is 579 g/mol. The maximum Gasteiger partial charge on any atom is 0.408 e. The summed E-state index contributed by atoms with van der Waals surface area (Å²) in [6.07, 6.45) is 2.76. The Labute approximate surface area is 247 Å². The second-order valence-corrected chi connectivity index (χ2v) is 11.4. The van der Waals surface area contributed by atoms with Gasteiger partial charge in [0.2, 0.25) is 5.91 Å². The van der Waals surface area contributed by atoms with Crippen LogP contribution in [0, 0.1) is 0 Å². The maximum absolute atomic E-state index is 14.0. The van der Waals surface area contributed by atoms with Crippen LogP contribution < -0.4 is 10.6 Å². The number of hydrogen-bond donors (Lipinski definition) is 4. The number of unbranched alkanes of at least 4 members (excludes halogenated alkanes) is 3. The predicted octanol–water partition coefficient (Wildman–Crippen LogP) is 6.46. The molecule has 3 N–H and O–H groups in total. The molecule has 2 atom stereocenters. The molecule has 0 aliphatic heterocycles. The first-order valence-electron chi connectivity index (χ1n) is 14.0. The Morgan fingerprint density at radius 3 is 2.34 bits per heavy atom. The van der Waals surface area contributed by atoms with Gasteiger partial charge in [-0.3, -0.25) is 9.59 Å². The lowest BCUT2D eigenvalue weighted by atomic mass is 10.0. The van der Waals surface area contributed by atoms with E-state index in [0.29, 0.717) is 17.7 Å². The largest absolute Gasteiger partial charge is 0.508 e. The number of carbonyl (C=O) groups excluding carboxylic acids is 3. The van der Waals surface area contributed by atoms with Gasteiger partial charge in [-0.1, -0.05) is 68.7 Å². The van der Waals surface area contributed by atoms with Gasteiger partial charge >= 0.3 is 6.09 Å². The lowest BCUT2D eigenvalue weighted by molar-refractivity contribution is -0.140. The number of ether oxygens (including phenoxy) is 1. The first kappa shape index (κ1) is 31.8. The Morgan fingerprint density at radius 1 is 0.951 bits per heavy atom. The number of hydrogen-bond acceptors (Lipinski definition) is 6. The van der Waals surface area contributed by atoms with E-state index in [9.17, 15) is 19.5 Å². The number of rotatable bonds is 12. The molecular formula is C32H41N3O5S. The van der Waals surface area contributed by atoms with E-state index in [1.165, 1.54) is 17.0 Å². The van der Waals surface area contributed by atoms with E-state index in [1.54, 1.807) is 32.9 Å². The fourth-order valence-corrected chi connectivity index (χ4v) is 4.80. The summed E-state index contributed by atoms with van der Waals surface area (Å²) in [5.41, 5.74) is 0.273. The summed E-state index contributed by atoms with van der Waals surface area (Å²) in [6.45, 7) is 7.57. The van der Waals surface area contributed by atoms with Crippen molar-refractivity contribution in [3.05, 3.63) is 72.3 Å². The smallest absolute Gasteiger partial charge is 0.408 e. The molecule has 3 rings (SSSR count). The summed E-state index contributed by atoms with van der Waals surface area (Å²) in [4.78, 5) is 42.1. The fraction of sp³-hybridized carbons (Fsp3) is 0.406. The summed E-state index contributed by atoms with van der Waals surface area (Å²) in [6, 6.07) is 17.6. The molecule has 0 saturated heterocycles. The third-order valence-electron chi connectivity index (χ3n) is 6.47. The van der Waals surface area contributed by atoms with Gasteiger partial charge in [0.15, 0.2) is 0 Å². The first-order valence-corrected chi connectivity index (χ1v) is 14.6. The molecule has 0 saturated carbocycles. The van der Waals surface area contributed by atoms with Gasteiger partial charge in [-0.25, -0.2) is 4.79 Å². The molecule has 0 radical (unpaired) electrons. The van der Waals surface area contributed by atoms with Crippen LogP contribution in [0.5, 0.6) is 5.75 Å². The molecule has 3 amide bonds.